The monoisotopic (exact) mass is 361 g/mol. The Morgan fingerprint density at radius 2 is 2.08 bits per heavy atom. The molecule has 1 unspecified atom stereocenters. The highest BCUT2D eigenvalue weighted by molar-refractivity contribution is 6.31. The first-order valence-electron chi connectivity index (χ1n) is 6.88. The van der Waals surface area contributed by atoms with Crippen molar-refractivity contribution in [2.24, 2.45) is 7.05 Å². The number of nitrogens with one attached hydrogen (secondary N) is 1. The Morgan fingerprint density at radius 3 is 2.62 bits per heavy atom. The van der Waals surface area contributed by atoms with Crippen LogP contribution in [0.25, 0.3) is 0 Å². The van der Waals surface area contributed by atoms with E-state index in [1.54, 1.807) is 19.1 Å². The van der Waals surface area contributed by atoms with Gasteiger partial charge in [-0.1, -0.05) is 17.7 Å². The Balaban J connectivity index is 2.29. The standard InChI is InChI=1S/C15H15ClF3N3O2/c1-9-10(16)4-3-5-11(9)21-12(23)8-14(24,15(17,18)19)13-20-6-7-22(13)2/h3-7,24H,8H2,1-2H3,(H,21,23). The van der Waals surface area contributed by atoms with Crippen LogP contribution in [0.3, 0.4) is 0 Å². The number of imidazole rings is 1. The van der Waals surface area contributed by atoms with E-state index in [0.29, 0.717) is 10.6 Å². The van der Waals surface area contributed by atoms with Crippen molar-refractivity contribution in [2.75, 3.05) is 5.32 Å². The lowest BCUT2D eigenvalue weighted by molar-refractivity contribution is -0.270. The average molecular weight is 362 g/mol. The van der Waals surface area contributed by atoms with Gasteiger partial charge in [-0.2, -0.15) is 13.2 Å². The van der Waals surface area contributed by atoms with Crippen molar-refractivity contribution in [3.8, 4) is 0 Å². The molecule has 5 nitrogen and oxygen atoms in total. The van der Waals surface area contributed by atoms with Gasteiger partial charge < -0.3 is 15.0 Å². The summed E-state index contributed by atoms with van der Waals surface area (Å²) < 4.78 is 41.2. The molecule has 0 aliphatic carbocycles. The quantitative estimate of drug-likeness (QED) is 0.879. The fourth-order valence-corrected chi connectivity index (χ4v) is 2.41. The minimum Gasteiger partial charge on any atom is -0.374 e. The van der Waals surface area contributed by atoms with Crippen molar-refractivity contribution in [2.45, 2.75) is 25.1 Å². The maximum absolute atomic E-state index is 13.4. The lowest BCUT2D eigenvalue weighted by Crippen LogP contribution is -2.46. The number of hydrogen-bond acceptors (Lipinski definition) is 3. The highest BCUT2D eigenvalue weighted by atomic mass is 35.5. The molecule has 1 amide bonds. The summed E-state index contributed by atoms with van der Waals surface area (Å²) in [6.07, 6.45) is -3.93. The van der Waals surface area contributed by atoms with Crippen LogP contribution in [0.5, 0.6) is 0 Å². The normalized spacial score (nSPS) is 14.3. The molecule has 0 fully saturated rings. The van der Waals surface area contributed by atoms with E-state index in [-0.39, 0.29) is 5.69 Å². The number of aromatic nitrogens is 2. The van der Waals surface area contributed by atoms with Crippen molar-refractivity contribution in [1.29, 1.82) is 0 Å². The third-order valence-corrected chi connectivity index (χ3v) is 4.03. The number of benzene rings is 1. The number of aryl methyl sites for hydroxylation is 1. The molecule has 9 heteroatoms. The summed E-state index contributed by atoms with van der Waals surface area (Å²) in [5, 5.41) is 12.9. The number of carbonyl (C=O) groups is 1. The van der Waals surface area contributed by atoms with Crippen molar-refractivity contribution in [3.05, 3.63) is 47.0 Å². The van der Waals surface area contributed by atoms with E-state index >= 15 is 0 Å². The molecule has 1 aromatic carbocycles. The van der Waals surface area contributed by atoms with E-state index in [0.717, 1.165) is 10.8 Å². The van der Waals surface area contributed by atoms with Gasteiger partial charge in [0.2, 0.25) is 11.5 Å². The molecule has 130 valence electrons. The van der Waals surface area contributed by atoms with E-state index in [9.17, 15) is 23.1 Å². The molecule has 0 saturated heterocycles. The lowest BCUT2D eigenvalue weighted by atomic mass is 9.97. The van der Waals surface area contributed by atoms with Crippen LogP contribution in [-0.2, 0) is 17.4 Å². The van der Waals surface area contributed by atoms with Gasteiger partial charge in [0.1, 0.15) is 0 Å². The predicted octanol–water partition coefficient (Wildman–Crippen LogP) is 3.16. The second-order valence-electron chi connectivity index (χ2n) is 5.36. The number of anilines is 1. The van der Waals surface area contributed by atoms with Crippen LogP contribution in [0.4, 0.5) is 18.9 Å². The highest BCUT2D eigenvalue weighted by Crippen LogP contribution is 2.41. The number of hydrogen-bond donors (Lipinski definition) is 2. The average Bonchev–Trinajstić information content (AvgIpc) is 2.89. The van der Waals surface area contributed by atoms with Gasteiger partial charge in [0.05, 0.1) is 6.42 Å². The molecule has 2 aromatic rings. The molecule has 1 aromatic heterocycles. The van der Waals surface area contributed by atoms with Crippen LogP contribution in [0, 0.1) is 6.92 Å². The minimum atomic E-state index is -5.08. The van der Waals surface area contributed by atoms with Gasteiger partial charge in [-0.25, -0.2) is 4.98 Å². The third kappa shape index (κ3) is 3.39. The number of carbonyl (C=O) groups excluding carboxylic acids is 1. The van der Waals surface area contributed by atoms with Crippen LogP contribution in [0.15, 0.2) is 30.6 Å². The van der Waals surface area contributed by atoms with E-state index < -0.39 is 29.9 Å². The largest absolute Gasteiger partial charge is 0.425 e. The van der Waals surface area contributed by atoms with E-state index in [4.69, 9.17) is 11.6 Å². The van der Waals surface area contributed by atoms with E-state index in [1.165, 1.54) is 19.3 Å². The van der Waals surface area contributed by atoms with Crippen molar-refractivity contribution in [3.63, 3.8) is 0 Å². The molecule has 0 bridgehead atoms. The molecule has 0 aliphatic rings. The molecule has 0 aliphatic heterocycles. The van der Waals surface area contributed by atoms with Crippen LogP contribution < -0.4 is 5.32 Å². The Bertz CT molecular complexity index is 761. The molecule has 0 radical (unpaired) electrons. The topological polar surface area (TPSA) is 67.2 Å². The van der Waals surface area contributed by atoms with Crippen molar-refractivity contribution in [1.82, 2.24) is 9.55 Å². The van der Waals surface area contributed by atoms with E-state index in [1.807, 2.05) is 0 Å². The highest BCUT2D eigenvalue weighted by Gasteiger charge is 2.58. The fraction of sp³-hybridized carbons (Fsp3) is 0.333. The van der Waals surface area contributed by atoms with Crippen molar-refractivity contribution >= 4 is 23.2 Å². The van der Waals surface area contributed by atoms with Gasteiger partial charge >= 0.3 is 6.18 Å². The van der Waals surface area contributed by atoms with Gasteiger partial charge in [0, 0.05) is 30.2 Å². The second kappa shape index (κ2) is 6.45. The second-order valence-corrected chi connectivity index (χ2v) is 5.76. The number of nitrogens with zero attached hydrogens (tertiary/aromatic N) is 2. The lowest BCUT2D eigenvalue weighted by Gasteiger charge is -2.29. The predicted molar refractivity (Wildman–Crippen MR) is 82.6 cm³/mol. The van der Waals surface area contributed by atoms with Gasteiger partial charge in [-0.05, 0) is 24.6 Å². The van der Waals surface area contributed by atoms with Crippen LogP contribution in [-0.4, -0.2) is 26.7 Å². The molecule has 0 spiro atoms. The third-order valence-electron chi connectivity index (χ3n) is 3.62. The number of amides is 1. The zero-order valence-electron chi connectivity index (χ0n) is 12.9. The number of rotatable bonds is 4. The summed E-state index contributed by atoms with van der Waals surface area (Å²) in [4.78, 5) is 15.6. The smallest absolute Gasteiger partial charge is 0.374 e. The van der Waals surface area contributed by atoms with Crippen LogP contribution >= 0.6 is 11.6 Å². The van der Waals surface area contributed by atoms with Crippen LogP contribution in [0.1, 0.15) is 17.8 Å². The molecule has 2 rings (SSSR count). The molecule has 24 heavy (non-hydrogen) atoms. The van der Waals surface area contributed by atoms with Crippen LogP contribution in [0.2, 0.25) is 5.02 Å². The maximum Gasteiger partial charge on any atom is 0.425 e. The summed E-state index contributed by atoms with van der Waals surface area (Å²) in [5.74, 6) is -1.67. The summed E-state index contributed by atoms with van der Waals surface area (Å²) in [6, 6.07) is 4.65. The first-order valence-corrected chi connectivity index (χ1v) is 7.26. The van der Waals surface area contributed by atoms with Gasteiger partial charge in [0.25, 0.3) is 0 Å². The maximum atomic E-state index is 13.4. The zero-order valence-corrected chi connectivity index (χ0v) is 13.6. The van der Waals surface area contributed by atoms with Gasteiger partial charge in [0.15, 0.2) is 5.82 Å². The fourth-order valence-electron chi connectivity index (χ4n) is 2.24. The summed E-state index contributed by atoms with van der Waals surface area (Å²) >= 11 is 5.91. The molecule has 0 saturated carbocycles. The van der Waals surface area contributed by atoms with E-state index in [2.05, 4.69) is 10.3 Å². The van der Waals surface area contributed by atoms with Gasteiger partial charge in [-0.3, -0.25) is 4.79 Å². The molecular formula is C15H15ClF3N3O2. The number of halogens is 4. The van der Waals surface area contributed by atoms with Crippen molar-refractivity contribution < 1.29 is 23.1 Å². The zero-order chi connectivity index (χ0) is 18.1. The summed E-state index contributed by atoms with van der Waals surface area (Å²) in [6.45, 7) is 1.62. The summed E-state index contributed by atoms with van der Waals surface area (Å²) in [7, 11) is 1.30. The Kier molecular flexibility index (Phi) is 4.91. The number of aliphatic hydroxyl groups is 1. The van der Waals surface area contributed by atoms with Gasteiger partial charge in [-0.15, -0.1) is 0 Å². The minimum absolute atomic E-state index is 0.275. The first kappa shape index (κ1) is 18.3. The molecule has 2 N–H and O–H groups in total. The Labute approximate surface area is 141 Å². The molecule has 1 heterocycles. The molecule has 1 atom stereocenters. The molecular weight excluding hydrogens is 347 g/mol. The Hall–Kier alpha value is -2.06. The summed E-state index contributed by atoms with van der Waals surface area (Å²) in [5.41, 5.74) is -2.61. The SMILES string of the molecule is Cc1c(Cl)cccc1NC(=O)CC(O)(c1nccn1C)C(F)(F)F. The first-order chi connectivity index (χ1) is 11.1. The number of alkyl halides is 3. The Morgan fingerprint density at radius 1 is 1.42 bits per heavy atom.